The Labute approximate surface area is 151 Å². The normalized spacial score (nSPS) is 12.2. The molecule has 0 saturated carbocycles. The van der Waals surface area contributed by atoms with E-state index in [1.165, 1.54) is 0 Å². The van der Waals surface area contributed by atoms with Crippen molar-refractivity contribution in [2.75, 3.05) is 32.1 Å². The molecule has 140 valence electrons. The van der Waals surface area contributed by atoms with Crippen LogP contribution in [0.3, 0.4) is 0 Å². The molecular formula is C19H32N3O3+. The summed E-state index contributed by atoms with van der Waals surface area (Å²) < 4.78 is 5.10. The molecule has 1 atom stereocenters. The van der Waals surface area contributed by atoms with E-state index in [0.29, 0.717) is 13.1 Å². The number of nitrogens with zero attached hydrogens (tertiary/aromatic N) is 1. The van der Waals surface area contributed by atoms with E-state index in [0.717, 1.165) is 16.3 Å². The maximum atomic E-state index is 12.6. The van der Waals surface area contributed by atoms with Crippen molar-refractivity contribution in [1.29, 1.82) is 0 Å². The van der Waals surface area contributed by atoms with Crippen LogP contribution in [0, 0.1) is 0 Å². The van der Waals surface area contributed by atoms with Gasteiger partial charge in [0.2, 0.25) is 0 Å². The number of nitrogens with one attached hydrogen (secondary N) is 2. The van der Waals surface area contributed by atoms with Gasteiger partial charge in [-0.05, 0) is 58.9 Å². The van der Waals surface area contributed by atoms with Crippen molar-refractivity contribution >= 4 is 17.5 Å². The van der Waals surface area contributed by atoms with Crippen molar-refractivity contribution in [2.45, 2.75) is 46.7 Å². The largest absolute Gasteiger partial charge is 0.497 e. The zero-order valence-corrected chi connectivity index (χ0v) is 16.3. The van der Waals surface area contributed by atoms with E-state index in [1.807, 2.05) is 39.5 Å². The summed E-state index contributed by atoms with van der Waals surface area (Å²) in [7, 11) is 1.60. The summed E-state index contributed by atoms with van der Waals surface area (Å²) in [4.78, 5) is 27.7. The van der Waals surface area contributed by atoms with Gasteiger partial charge in [-0.3, -0.25) is 9.59 Å². The zero-order chi connectivity index (χ0) is 19.0. The third-order valence-corrected chi connectivity index (χ3v) is 4.09. The molecule has 1 aromatic rings. The highest BCUT2D eigenvalue weighted by Gasteiger charge is 2.25. The Kier molecular flexibility index (Phi) is 8.41. The lowest BCUT2D eigenvalue weighted by atomic mass is 10.2. The molecule has 1 aromatic carbocycles. The number of hydrogen-bond acceptors (Lipinski definition) is 3. The Bertz CT molecular complexity index is 548. The maximum absolute atomic E-state index is 12.6. The van der Waals surface area contributed by atoms with E-state index in [9.17, 15) is 9.59 Å². The third-order valence-electron chi connectivity index (χ3n) is 4.09. The molecule has 0 bridgehead atoms. The Morgan fingerprint density at radius 1 is 1.08 bits per heavy atom. The highest BCUT2D eigenvalue weighted by atomic mass is 16.5. The molecule has 0 heterocycles. The molecule has 1 rings (SSSR count). The summed E-state index contributed by atoms with van der Waals surface area (Å²) >= 11 is 0. The first-order valence-electron chi connectivity index (χ1n) is 8.87. The number of amides is 2. The van der Waals surface area contributed by atoms with Crippen molar-refractivity contribution < 1.29 is 19.2 Å². The topological polar surface area (TPSA) is 63.1 Å². The lowest BCUT2D eigenvalue weighted by molar-refractivity contribution is -0.882. The van der Waals surface area contributed by atoms with E-state index < -0.39 is 0 Å². The Morgan fingerprint density at radius 2 is 1.64 bits per heavy atom. The summed E-state index contributed by atoms with van der Waals surface area (Å²) in [5.41, 5.74) is 0.721. The van der Waals surface area contributed by atoms with Gasteiger partial charge in [0, 0.05) is 17.8 Å². The van der Waals surface area contributed by atoms with Gasteiger partial charge in [-0.15, -0.1) is 0 Å². The smallest absolute Gasteiger partial charge is 0.279 e. The summed E-state index contributed by atoms with van der Waals surface area (Å²) in [6.45, 7) is 11.3. The number of carbonyl (C=O) groups is 2. The first kappa shape index (κ1) is 21.0. The van der Waals surface area contributed by atoms with Crippen LogP contribution in [-0.2, 0) is 9.59 Å². The predicted molar refractivity (Wildman–Crippen MR) is 100.0 cm³/mol. The monoisotopic (exact) mass is 350 g/mol. The first-order chi connectivity index (χ1) is 11.8. The molecule has 0 spiro atoms. The third kappa shape index (κ3) is 6.74. The molecule has 0 fully saturated rings. The van der Waals surface area contributed by atoms with Crippen molar-refractivity contribution in [3.8, 4) is 5.75 Å². The average Bonchev–Trinajstić information content (AvgIpc) is 2.54. The minimum Gasteiger partial charge on any atom is -0.497 e. The number of carbonyl (C=O) groups excluding carboxylic acids is 2. The number of methoxy groups -OCH3 is 1. The van der Waals surface area contributed by atoms with Crippen LogP contribution in [0.5, 0.6) is 5.75 Å². The van der Waals surface area contributed by atoms with Gasteiger partial charge >= 0.3 is 0 Å². The number of benzene rings is 1. The molecule has 25 heavy (non-hydrogen) atoms. The fraction of sp³-hybridized carbons (Fsp3) is 0.579. The Balaban J connectivity index is 2.61. The van der Waals surface area contributed by atoms with Gasteiger partial charge in [0.25, 0.3) is 11.8 Å². The number of quaternary nitrogens is 1. The van der Waals surface area contributed by atoms with Gasteiger partial charge in [-0.1, -0.05) is 0 Å². The lowest BCUT2D eigenvalue weighted by Gasteiger charge is -2.31. The van der Waals surface area contributed by atoms with Crippen molar-refractivity contribution in [3.63, 3.8) is 0 Å². The highest BCUT2D eigenvalue weighted by Crippen LogP contribution is 2.14. The van der Waals surface area contributed by atoms with E-state index in [-0.39, 0.29) is 30.4 Å². The van der Waals surface area contributed by atoms with Crippen LogP contribution >= 0.6 is 0 Å². The molecule has 6 nitrogen and oxygen atoms in total. The van der Waals surface area contributed by atoms with E-state index in [4.69, 9.17) is 4.74 Å². The Morgan fingerprint density at radius 3 is 2.08 bits per heavy atom. The molecule has 0 saturated heterocycles. The molecule has 0 aliphatic rings. The van der Waals surface area contributed by atoms with Gasteiger partial charge in [0.15, 0.2) is 13.1 Å². The van der Waals surface area contributed by atoms with E-state index >= 15 is 0 Å². The van der Waals surface area contributed by atoms with Crippen LogP contribution in [0.2, 0.25) is 0 Å². The SMILES string of the molecule is CC[NH+](CC(=O)Nc1ccc(OC)cc1)CC(=O)N(C(C)C)C(C)C. The molecular weight excluding hydrogens is 318 g/mol. The van der Waals surface area contributed by atoms with Gasteiger partial charge in [0.1, 0.15) is 5.75 Å². The van der Waals surface area contributed by atoms with Gasteiger partial charge in [-0.25, -0.2) is 0 Å². The fourth-order valence-corrected chi connectivity index (χ4v) is 2.90. The van der Waals surface area contributed by atoms with Gasteiger partial charge < -0.3 is 19.9 Å². The zero-order valence-electron chi connectivity index (χ0n) is 16.3. The molecule has 2 N–H and O–H groups in total. The Hall–Kier alpha value is -2.08. The fourth-order valence-electron chi connectivity index (χ4n) is 2.90. The number of likely N-dealkylation sites (N-methyl/N-ethyl adjacent to an activating group) is 1. The quantitative estimate of drug-likeness (QED) is 0.703. The molecule has 0 radical (unpaired) electrons. The molecule has 2 amide bonds. The summed E-state index contributed by atoms with van der Waals surface area (Å²) in [6, 6.07) is 7.50. The second-order valence-electron chi connectivity index (χ2n) is 6.72. The molecule has 0 aliphatic heterocycles. The average molecular weight is 350 g/mol. The van der Waals surface area contributed by atoms with Crippen LogP contribution < -0.4 is 15.0 Å². The summed E-state index contributed by atoms with van der Waals surface area (Å²) in [5, 5.41) is 2.87. The van der Waals surface area contributed by atoms with Crippen molar-refractivity contribution in [3.05, 3.63) is 24.3 Å². The van der Waals surface area contributed by atoms with Gasteiger partial charge in [0.05, 0.1) is 13.7 Å². The summed E-state index contributed by atoms with van der Waals surface area (Å²) in [6.07, 6.45) is 0. The number of ether oxygens (including phenoxy) is 1. The molecule has 0 aromatic heterocycles. The number of hydrogen-bond donors (Lipinski definition) is 2. The molecule has 6 heteroatoms. The van der Waals surface area contributed by atoms with Crippen LogP contribution in [-0.4, -0.2) is 55.5 Å². The number of anilines is 1. The van der Waals surface area contributed by atoms with Crippen molar-refractivity contribution in [1.82, 2.24) is 4.90 Å². The van der Waals surface area contributed by atoms with Crippen molar-refractivity contribution in [2.24, 2.45) is 0 Å². The maximum Gasteiger partial charge on any atom is 0.279 e. The highest BCUT2D eigenvalue weighted by molar-refractivity contribution is 5.91. The van der Waals surface area contributed by atoms with Crippen LogP contribution in [0.1, 0.15) is 34.6 Å². The molecule has 1 unspecified atom stereocenters. The number of rotatable bonds is 9. The summed E-state index contributed by atoms with van der Waals surface area (Å²) in [5.74, 6) is 0.724. The van der Waals surface area contributed by atoms with E-state index in [1.54, 1.807) is 31.4 Å². The standard InChI is InChI=1S/C19H31N3O3/c1-7-21(13-19(24)22(14(2)3)15(4)5)12-18(23)20-16-8-10-17(25-6)11-9-16/h8-11,14-15H,7,12-13H2,1-6H3,(H,20,23)/p+1. The second kappa shape index (κ2) is 10.0. The van der Waals surface area contributed by atoms with Crippen LogP contribution in [0.25, 0.3) is 0 Å². The minimum atomic E-state index is -0.101. The minimum absolute atomic E-state index is 0.0825. The van der Waals surface area contributed by atoms with Crippen LogP contribution in [0.15, 0.2) is 24.3 Å². The van der Waals surface area contributed by atoms with Gasteiger partial charge in [-0.2, -0.15) is 0 Å². The van der Waals surface area contributed by atoms with Crippen LogP contribution in [0.4, 0.5) is 5.69 Å². The molecule has 0 aliphatic carbocycles. The second-order valence-corrected chi connectivity index (χ2v) is 6.72. The predicted octanol–water partition coefficient (Wildman–Crippen LogP) is 1.18. The lowest BCUT2D eigenvalue weighted by Crippen LogP contribution is -3.14. The van der Waals surface area contributed by atoms with E-state index in [2.05, 4.69) is 5.32 Å². The first-order valence-corrected chi connectivity index (χ1v) is 8.87.